The van der Waals surface area contributed by atoms with Crippen molar-refractivity contribution in [3.05, 3.63) is 41.5 Å². The number of hydrogen-bond acceptors (Lipinski definition) is 10. The van der Waals surface area contributed by atoms with Crippen LogP contribution < -0.4 is 4.74 Å². The molecular weight excluding hydrogens is 352 g/mol. The highest BCUT2D eigenvalue weighted by Crippen LogP contribution is 2.50. The lowest BCUT2D eigenvalue weighted by atomic mass is 9.86. The van der Waals surface area contributed by atoms with Crippen LogP contribution in [0, 0.1) is 0 Å². The van der Waals surface area contributed by atoms with Crippen molar-refractivity contribution in [2.45, 2.75) is 11.6 Å². The predicted molar refractivity (Wildman–Crippen MR) is 81.9 cm³/mol. The molecule has 3 rings (SSSR count). The van der Waals surface area contributed by atoms with E-state index in [1.165, 1.54) is 0 Å². The number of Topliss-reactive ketones (excluding diaryl/α,β-unsaturated/α-hetero) is 1. The summed E-state index contributed by atoms with van der Waals surface area (Å²) in [5.41, 5.74) is -0.864. The van der Waals surface area contributed by atoms with Crippen LogP contribution in [0.4, 0.5) is 0 Å². The lowest BCUT2D eigenvalue weighted by Gasteiger charge is -2.44. The summed E-state index contributed by atoms with van der Waals surface area (Å²) in [5, 5.41) is 59.1. The van der Waals surface area contributed by atoms with Gasteiger partial charge in [-0.25, -0.2) is 5.26 Å². The summed E-state index contributed by atoms with van der Waals surface area (Å²) in [5.74, 6) is -9.80. The van der Waals surface area contributed by atoms with Crippen molar-refractivity contribution >= 4 is 5.78 Å². The minimum Gasteiger partial charge on any atom is -0.508 e. The van der Waals surface area contributed by atoms with Crippen LogP contribution in [0.1, 0.15) is 15.9 Å². The molecule has 0 amide bonds. The van der Waals surface area contributed by atoms with Crippen molar-refractivity contribution in [3.63, 3.8) is 0 Å². The second-order valence-corrected chi connectivity index (χ2v) is 5.53. The molecule has 26 heavy (non-hydrogen) atoms. The van der Waals surface area contributed by atoms with Gasteiger partial charge in [-0.2, -0.15) is 4.89 Å². The molecule has 2 unspecified atom stereocenters. The third-order valence-corrected chi connectivity index (χ3v) is 4.08. The van der Waals surface area contributed by atoms with Gasteiger partial charge < -0.3 is 35.0 Å². The van der Waals surface area contributed by atoms with Crippen LogP contribution in [0.2, 0.25) is 0 Å². The number of hydrogen-bond donors (Lipinski definition) is 6. The van der Waals surface area contributed by atoms with Gasteiger partial charge in [-0.15, -0.1) is 0 Å². The Kier molecular flexibility index (Phi) is 3.92. The fourth-order valence-electron chi connectivity index (χ4n) is 2.79. The van der Waals surface area contributed by atoms with Crippen LogP contribution in [-0.4, -0.2) is 49.5 Å². The van der Waals surface area contributed by atoms with Gasteiger partial charge in [-0.3, -0.25) is 4.79 Å². The van der Waals surface area contributed by atoms with Gasteiger partial charge in [-0.05, 0) is 18.2 Å². The molecule has 10 nitrogen and oxygen atoms in total. The monoisotopic (exact) mass is 366 g/mol. The number of rotatable bonds is 3. The van der Waals surface area contributed by atoms with Gasteiger partial charge in [-0.1, -0.05) is 0 Å². The predicted octanol–water partition coefficient (Wildman–Crippen LogP) is 0.762. The van der Waals surface area contributed by atoms with Crippen LogP contribution >= 0.6 is 0 Å². The summed E-state index contributed by atoms with van der Waals surface area (Å²) < 4.78 is 10.3. The molecule has 0 saturated heterocycles. The Hall–Kier alpha value is -3.05. The van der Waals surface area contributed by atoms with E-state index in [9.17, 15) is 35.6 Å². The molecule has 0 bridgehead atoms. The number of aromatic hydroxyl groups is 4. The highest BCUT2D eigenvalue weighted by atomic mass is 17.2. The van der Waals surface area contributed by atoms with Crippen molar-refractivity contribution < 1.29 is 49.9 Å². The average Bonchev–Trinajstić information content (AvgIpc) is 2.57. The molecule has 0 spiro atoms. The quantitative estimate of drug-likeness (QED) is 0.198. The number of fused-ring (bicyclic) bond motifs is 1. The fraction of sp³-hybridized carbons (Fsp3) is 0.188. The van der Waals surface area contributed by atoms with Crippen LogP contribution in [0.5, 0.6) is 28.7 Å². The number of methoxy groups -OCH3 is 1. The van der Waals surface area contributed by atoms with E-state index in [1.807, 2.05) is 0 Å². The first-order valence-corrected chi connectivity index (χ1v) is 7.12. The van der Waals surface area contributed by atoms with Crippen molar-refractivity contribution in [1.29, 1.82) is 0 Å². The van der Waals surface area contributed by atoms with E-state index in [2.05, 4.69) is 4.89 Å². The standard InChI is InChI=1S/C16H14O10/c1-24-16(26-23)14(21)13-11(20)5-8(17)6-12(13)25-15(16,22)7-2-3-9(18)10(19)4-7/h2-6,17-20,22-23H,1H3. The third-order valence-electron chi connectivity index (χ3n) is 4.08. The maximum absolute atomic E-state index is 12.9. The molecule has 1 heterocycles. The molecule has 0 aliphatic carbocycles. The molecule has 2 atom stereocenters. The van der Waals surface area contributed by atoms with E-state index in [4.69, 9.17) is 9.47 Å². The second-order valence-electron chi connectivity index (χ2n) is 5.53. The first kappa shape index (κ1) is 17.8. The van der Waals surface area contributed by atoms with E-state index >= 15 is 0 Å². The highest BCUT2D eigenvalue weighted by molar-refractivity contribution is 6.08. The number of benzene rings is 2. The second kappa shape index (κ2) is 5.75. The van der Waals surface area contributed by atoms with Gasteiger partial charge in [0.15, 0.2) is 11.5 Å². The summed E-state index contributed by atoms with van der Waals surface area (Å²) in [6, 6.07) is 4.69. The van der Waals surface area contributed by atoms with Crippen molar-refractivity contribution in [3.8, 4) is 28.7 Å². The number of carbonyl (C=O) groups is 1. The Morgan fingerprint density at radius 3 is 2.27 bits per heavy atom. The zero-order valence-electron chi connectivity index (χ0n) is 13.2. The minimum absolute atomic E-state index is 0.342. The average molecular weight is 366 g/mol. The molecule has 2 aromatic carbocycles. The van der Waals surface area contributed by atoms with Gasteiger partial charge in [0, 0.05) is 24.8 Å². The topological polar surface area (TPSA) is 166 Å². The van der Waals surface area contributed by atoms with Crippen LogP contribution in [0.3, 0.4) is 0 Å². The molecule has 2 aromatic rings. The van der Waals surface area contributed by atoms with E-state index in [0.29, 0.717) is 0 Å². The molecule has 0 aromatic heterocycles. The molecule has 6 N–H and O–H groups in total. The van der Waals surface area contributed by atoms with Crippen molar-refractivity contribution in [2.75, 3.05) is 7.11 Å². The van der Waals surface area contributed by atoms with Gasteiger partial charge in [0.25, 0.3) is 0 Å². The molecule has 0 radical (unpaired) electrons. The lowest BCUT2D eigenvalue weighted by Crippen LogP contribution is -2.65. The van der Waals surface area contributed by atoms with Crippen molar-refractivity contribution in [1.82, 2.24) is 0 Å². The van der Waals surface area contributed by atoms with Gasteiger partial charge in [0.2, 0.25) is 5.78 Å². The van der Waals surface area contributed by atoms with Crippen LogP contribution in [-0.2, 0) is 15.4 Å². The van der Waals surface area contributed by atoms with Crippen LogP contribution in [0.15, 0.2) is 30.3 Å². The number of carbonyl (C=O) groups excluding carboxylic acids is 1. The SMILES string of the molecule is COC1(OO)C(=O)c2c(O)cc(O)cc2OC1(O)c1ccc(O)c(O)c1. The Morgan fingerprint density at radius 2 is 1.69 bits per heavy atom. The smallest absolute Gasteiger partial charge is 0.335 e. The van der Waals surface area contributed by atoms with Crippen LogP contribution in [0.25, 0.3) is 0 Å². The largest absolute Gasteiger partial charge is 0.508 e. The van der Waals surface area contributed by atoms with E-state index < -0.39 is 51.7 Å². The number of ether oxygens (including phenoxy) is 2. The number of aliphatic hydroxyl groups is 1. The molecule has 1 aliphatic heterocycles. The lowest BCUT2D eigenvalue weighted by molar-refractivity contribution is -0.452. The summed E-state index contributed by atoms with van der Waals surface area (Å²) >= 11 is 0. The van der Waals surface area contributed by atoms with E-state index in [-0.39, 0.29) is 5.56 Å². The maximum Gasteiger partial charge on any atom is 0.335 e. The maximum atomic E-state index is 12.9. The molecule has 1 aliphatic rings. The fourth-order valence-corrected chi connectivity index (χ4v) is 2.79. The zero-order chi connectivity index (χ0) is 19.3. The van der Waals surface area contributed by atoms with Crippen molar-refractivity contribution in [2.24, 2.45) is 0 Å². The first-order chi connectivity index (χ1) is 12.2. The van der Waals surface area contributed by atoms with Gasteiger partial charge in [0.1, 0.15) is 22.8 Å². The van der Waals surface area contributed by atoms with E-state index in [1.54, 1.807) is 0 Å². The molecule has 0 saturated carbocycles. The molecule has 10 heteroatoms. The number of phenols is 4. The number of phenolic OH excluding ortho intramolecular Hbond substituents is 4. The summed E-state index contributed by atoms with van der Waals surface area (Å²) in [6.45, 7) is 0. The minimum atomic E-state index is -2.89. The third kappa shape index (κ3) is 2.17. The zero-order valence-corrected chi connectivity index (χ0v) is 13.2. The molecule has 0 fully saturated rings. The molecule has 138 valence electrons. The Balaban J connectivity index is 2.32. The van der Waals surface area contributed by atoms with E-state index in [0.717, 1.165) is 37.4 Å². The van der Waals surface area contributed by atoms with Gasteiger partial charge >= 0.3 is 11.6 Å². The molecular formula is C16H14O10. The van der Waals surface area contributed by atoms with Gasteiger partial charge in [0.05, 0.1) is 0 Å². The first-order valence-electron chi connectivity index (χ1n) is 7.12. The summed E-state index contributed by atoms with van der Waals surface area (Å²) in [7, 11) is 0.922. The Bertz CT molecular complexity index is 889. The Morgan fingerprint density at radius 1 is 1.00 bits per heavy atom. The highest BCUT2D eigenvalue weighted by Gasteiger charge is 2.67. The normalized spacial score (nSPS) is 24.8. The number of ketones is 1. The summed E-state index contributed by atoms with van der Waals surface area (Å²) in [4.78, 5) is 17.0. The Labute approximate surface area is 145 Å². The summed E-state index contributed by atoms with van der Waals surface area (Å²) in [6.07, 6.45) is 0.